The molecular formula is C42H66F6N4O8. The van der Waals surface area contributed by atoms with Crippen molar-refractivity contribution < 1.29 is 65.2 Å². The number of aliphatic hydroxyl groups is 2. The molecule has 6 atom stereocenters. The van der Waals surface area contributed by atoms with E-state index in [1.807, 2.05) is 6.92 Å². The average molecular weight is 869 g/mol. The maximum absolute atomic E-state index is 12.8. The van der Waals surface area contributed by atoms with Crippen LogP contribution in [-0.2, 0) is 28.7 Å². The van der Waals surface area contributed by atoms with Crippen LogP contribution >= 0.6 is 0 Å². The summed E-state index contributed by atoms with van der Waals surface area (Å²) in [7, 11) is 1.62. The number of amides is 4. The Morgan fingerprint density at radius 1 is 0.750 bits per heavy atom. The molecule has 4 unspecified atom stereocenters. The number of ether oxygens (including phenoxy) is 2. The number of piperidine rings is 3. The van der Waals surface area contributed by atoms with Gasteiger partial charge in [0.05, 0.1) is 43.2 Å². The zero-order chi connectivity index (χ0) is 44.3. The van der Waals surface area contributed by atoms with Gasteiger partial charge in [0.15, 0.2) is 0 Å². The van der Waals surface area contributed by atoms with Crippen LogP contribution in [0.2, 0.25) is 0 Å². The second-order valence-corrected chi connectivity index (χ2v) is 19.0. The molecule has 0 bridgehead atoms. The Kier molecular flexibility index (Phi) is 15.3. The van der Waals surface area contributed by atoms with Gasteiger partial charge >= 0.3 is 12.4 Å². The summed E-state index contributed by atoms with van der Waals surface area (Å²) < 4.78 is 87.0. The molecule has 0 aromatic rings. The summed E-state index contributed by atoms with van der Waals surface area (Å²) in [6, 6.07) is 0. The molecule has 2 spiro atoms. The van der Waals surface area contributed by atoms with Gasteiger partial charge in [0.2, 0.25) is 23.6 Å². The zero-order valence-electron chi connectivity index (χ0n) is 35.7. The lowest BCUT2D eigenvalue weighted by molar-refractivity contribution is -0.180. The van der Waals surface area contributed by atoms with Crippen LogP contribution < -0.4 is 0 Å². The minimum absolute atomic E-state index is 0.00665. The number of carbonyl (C=O) groups is 4. The number of alkyl halides is 6. The van der Waals surface area contributed by atoms with Crippen LogP contribution in [-0.4, -0.2) is 156 Å². The third-order valence-corrected chi connectivity index (χ3v) is 14.5. The quantitative estimate of drug-likeness (QED) is 0.281. The van der Waals surface area contributed by atoms with Crippen molar-refractivity contribution in [3.8, 4) is 0 Å². The lowest BCUT2D eigenvalue weighted by Crippen LogP contribution is -2.65. The van der Waals surface area contributed by atoms with Crippen LogP contribution in [0.1, 0.15) is 111 Å². The van der Waals surface area contributed by atoms with Gasteiger partial charge in [-0.15, -0.1) is 0 Å². The number of methoxy groups -OCH3 is 1. The van der Waals surface area contributed by atoms with Crippen LogP contribution in [0.5, 0.6) is 0 Å². The van der Waals surface area contributed by atoms with E-state index in [-0.39, 0.29) is 82.6 Å². The molecule has 6 fully saturated rings. The van der Waals surface area contributed by atoms with Gasteiger partial charge < -0.3 is 39.3 Å². The lowest BCUT2D eigenvalue weighted by atomic mass is 9.65. The highest BCUT2D eigenvalue weighted by Crippen LogP contribution is 2.53. The molecule has 0 aromatic heterocycles. The zero-order valence-corrected chi connectivity index (χ0v) is 35.7. The summed E-state index contributed by atoms with van der Waals surface area (Å²) in [6.45, 7) is 7.35. The first kappa shape index (κ1) is 48.3. The number of β-amino-alcohol motifs (C(OH)–C–C–N with tert-alkyl or cyclic N) is 2. The van der Waals surface area contributed by atoms with Gasteiger partial charge in [0.1, 0.15) is 6.61 Å². The fourth-order valence-corrected chi connectivity index (χ4v) is 11.1. The Hall–Kier alpha value is -2.70. The van der Waals surface area contributed by atoms with Crippen LogP contribution in [0.25, 0.3) is 0 Å². The average Bonchev–Trinajstić information content (AvgIpc) is 3.84. The Morgan fingerprint density at radius 2 is 1.20 bits per heavy atom. The predicted octanol–water partition coefficient (Wildman–Crippen LogP) is 5.33. The number of rotatable bonds is 10. The van der Waals surface area contributed by atoms with E-state index < -0.39 is 70.9 Å². The van der Waals surface area contributed by atoms with Gasteiger partial charge in [-0.25, -0.2) is 0 Å². The number of nitrogens with zero attached hydrogens (tertiary/aromatic N) is 4. The Bertz CT molecular complexity index is 1520. The van der Waals surface area contributed by atoms with Crippen molar-refractivity contribution >= 4 is 23.6 Å². The van der Waals surface area contributed by atoms with E-state index in [0.717, 1.165) is 44.9 Å². The highest BCUT2D eigenvalue weighted by atomic mass is 19.4. The van der Waals surface area contributed by atoms with Gasteiger partial charge in [-0.1, -0.05) is 39.5 Å². The van der Waals surface area contributed by atoms with E-state index in [2.05, 4.69) is 0 Å². The second kappa shape index (κ2) is 19.0. The maximum atomic E-state index is 12.8. The van der Waals surface area contributed by atoms with Crippen molar-refractivity contribution in [2.24, 2.45) is 28.6 Å². The Morgan fingerprint density at radius 3 is 1.62 bits per heavy atom. The molecule has 0 aromatic carbocycles. The van der Waals surface area contributed by atoms with Gasteiger partial charge in [0, 0.05) is 82.1 Å². The molecule has 4 amide bonds. The number of halogens is 6. The van der Waals surface area contributed by atoms with Crippen LogP contribution in [0.3, 0.4) is 0 Å². The third-order valence-electron chi connectivity index (χ3n) is 14.5. The van der Waals surface area contributed by atoms with E-state index in [1.54, 1.807) is 16.9 Å². The van der Waals surface area contributed by atoms with Crippen molar-refractivity contribution in [2.75, 3.05) is 72.7 Å². The molecule has 2 saturated carbocycles. The SMILES string of the molecule is CC1CN(CC2(O)CCN(C(=O)[C@H](C)CC(F)(F)F)CC23CCCC3)C(=O)CO1.COCC1CCN(CC2(O)CCN(C(=O)[C@H](C)CC(F)(F)F)CC23CCCC3)C(=O)C1. The molecular weight excluding hydrogens is 802 g/mol. The maximum Gasteiger partial charge on any atom is 0.389 e. The van der Waals surface area contributed by atoms with Crippen molar-refractivity contribution in [2.45, 2.75) is 140 Å². The van der Waals surface area contributed by atoms with Gasteiger partial charge in [-0.05, 0) is 57.8 Å². The van der Waals surface area contributed by atoms with Gasteiger partial charge in [-0.2, -0.15) is 26.3 Å². The smallest absolute Gasteiger partial charge is 0.387 e. The molecule has 12 nitrogen and oxygen atoms in total. The van der Waals surface area contributed by atoms with Crippen LogP contribution in [0, 0.1) is 28.6 Å². The number of hydrogen-bond donors (Lipinski definition) is 2. The standard InChI is InChI=1S/C22H35F3N2O4.C20H31F3N2O4/c1-16(12-22(23,24)25)19(29)27-10-8-21(30,20(14-27)6-3-4-7-20)15-26-9-5-17(13-31-2)11-18(26)28;1-14(9-20(21,22)23)17(27)24-8-7-19(28,18(12-24)5-3-4-6-18)13-25-10-15(2)29-11-16(25)26/h16-17,30H,3-15H2,1-2H3;14-15,28H,3-13H2,1-2H3/t16-,17?,21?;14-,15?,19?/m11/s1. The summed E-state index contributed by atoms with van der Waals surface area (Å²) >= 11 is 0. The van der Waals surface area contributed by atoms with E-state index in [4.69, 9.17) is 9.47 Å². The summed E-state index contributed by atoms with van der Waals surface area (Å²) in [6.07, 6.45) is -2.93. The second-order valence-electron chi connectivity index (χ2n) is 19.0. The first-order valence-electron chi connectivity index (χ1n) is 21.8. The molecule has 6 rings (SSSR count). The van der Waals surface area contributed by atoms with Gasteiger partial charge in [0.25, 0.3) is 0 Å². The largest absolute Gasteiger partial charge is 0.389 e. The van der Waals surface area contributed by atoms with E-state index in [0.29, 0.717) is 39.0 Å². The summed E-state index contributed by atoms with van der Waals surface area (Å²) in [5.74, 6) is -3.24. The third kappa shape index (κ3) is 11.3. The molecule has 4 saturated heterocycles. The highest BCUT2D eigenvalue weighted by Gasteiger charge is 2.58. The first-order chi connectivity index (χ1) is 27.9. The monoisotopic (exact) mass is 868 g/mol. The summed E-state index contributed by atoms with van der Waals surface area (Å²) in [5, 5.41) is 23.4. The normalized spacial score (nSPS) is 30.7. The van der Waals surface area contributed by atoms with Crippen molar-refractivity contribution in [3.63, 3.8) is 0 Å². The minimum Gasteiger partial charge on any atom is -0.387 e. The van der Waals surface area contributed by atoms with E-state index in [1.165, 1.54) is 23.6 Å². The molecule has 2 aliphatic carbocycles. The molecule has 4 aliphatic heterocycles. The molecule has 6 aliphatic rings. The first-order valence-corrected chi connectivity index (χ1v) is 21.8. The van der Waals surface area contributed by atoms with Crippen molar-refractivity contribution in [3.05, 3.63) is 0 Å². The molecule has 2 N–H and O–H groups in total. The Balaban J connectivity index is 0.000000228. The lowest BCUT2D eigenvalue weighted by Gasteiger charge is -2.54. The van der Waals surface area contributed by atoms with Crippen molar-refractivity contribution in [1.29, 1.82) is 0 Å². The predicted molar refractivity (Wildman–Crippen MR) is 207 cm³/mol. The highest BCUT2D eigenvalue weighted by molar-refractivity contribution is 5.80. The van der Waals surface area contributed by atoms with Crippen molar-refractivity contribution in [1.82, 2.24) is 19.6 Å². The number of likely N-dealkylation sites (tertiary alicyclic amines) is 3. The molecule has 4 heterocycles. The molecule has 344 valence electrons. The molecule has 18 heteroatoms. The van der Waals surface area contributed by atoms with Gasteiger partial charge in [-0.3, -0.25) is 19.2 Å². The van der Waals surface area contributed by atoms with Crippen LogP contribution in [0.4, 0.5) is 26.3 Å². The van der Waals surface area contributed by atoms with E-state index in [9.17, 15) is 55.7 Å². The number of carbonyl (C=O) groups excluding carboxylic acids is 4. The number of hydrogen-bond acceptors (Lipinski definition) is 8. The number of morpholine rings is 1. The van der Waals surface area contributed by atoms with Crippen LogP contribution in [0.15, 0.2) is 0 Å². The summed E-state index contributed by atoms with van der Waals surface area (Å²) in [5.41, 5.74) is -3.43. The Labute approximate surface area is 349 Å². The fraction of sp³-hybridized carbons (Fsp3) is 0.905. The molecule has 60 heavy (non-hydrogen) atoms. The summed E-state index contributed by atoms with van der Waals surface area (Å²) in [4.78, 5) is 56.7. The topological polar surface area (TPSA) is 140 Å². The fourth-order valence-electron chi connectivity index (χ4n) is 11.1. The molecule has 0 radical (unpaired) electrons. The van der Waals surface area contributed by atoms with E-state index >= 15 is 0 Å². The minimum atomic E-state index is -4.38.